The molecule has 1 unspecified atom stereocenters. The summed E-state index contributed by atoms with van der Waals surface area (Å²) in [5.41, 5.74) is 1.24. The average Bonchev–Trinajstić information content (AvgIpc) is 3.21. The summed E-state index contributed by atoms with van der Waals surface area (Å²) >= 11 is 1.70. The standard InChI is InChI=1S/C17H28N4OS/c1-3-15(21-10-5-6-16(21)22)7-9-19-17(18-4-2)20-12-14-8-11-23-13-14/h8,11,13,15H,3-7,9-10,12H2,1-2H3,(H2,18,19,20). The molecule has 0 spiro atoms. The van der Waals surface area contributed by atoms with Gasteiger partial charge in [-0.25, -0.2) is 4.99 Å². The van der Waals surface area contributed by atoms with Gasteiger partial charge in [0.05, 0.1) is 6.54 Å². The second-order valence-electron chi connectivity index (χ2n) is 5.79. The molecule has 1 saturated heterocycles. The molecule has 1 aliphatic rings. The van der Waals surface area contributed by atoms with E-state index >= 15 is 0 Å². The summed E-state index contributed by atoms with van der Waals surface area (Å²) < 4.78 is 0. The van der Waals surface area contributed by atoms with Crippen LogP contribution in [0, 0.1) is 0 Å². The summed E-state index contributed by atoms with van der Waals surface area (Å²) in [6, 6.07) is 2.45. The van der Waals surface area contributed by atoms with Crippen LogP contribution in [0.3, 0.4) is 0 Å². The Morgan fingerprint density at radius 2 is 2.30 bits per heavy atom. The minimum atomic E-state index is 0.315. The van der Waals surface area contributed by atoms with Crippen molar-refractivity contribution in [3.8, 4) is 0 Å². The van der Waals surface area contributed by atoms with E-state index in [1.165, 1.54) is 5.56 Å². The van der Waals surface area contributed by atoms with Crippen LogP contribution in [0.1, 0.15) is 45.1 Å². The zero-order chi connectivity index (χ0) is 16.5. The molecule has 23 heavy (non-hydrogen) atoms. The Bertz CT molecular complexity index is 501. The summed E-state index contributed by atoms with van der Waals surface area (Å²) in [5.74, 6) is 1.16. The first-order valence-electron chi connectivity index (χ1n) is 8.57. The molecule has 1 aromatic heterocycles. The number of nitrogens with zero attached hydrogens (tertiary/aromatic N) is 2. The molecule has 128 valence electrons. The Kier molecular flexibility index (Phi) is 7.39. The normalized spacial score (nSPS) is 16.7. The molecule has 0 saturated carbocycles. The summed E-state index contributed by atoms with van der Waals surface area (Å²) in [6.45, 7) is 7.52. The lowest BCUT2D eigenvalue weighted by Crippen LogP contribution is -2.42. The van der Waals surface area contributed by atoms with Crippen molar-refractivity contribution in [2.45, 2.75) is 52.1 Å². The molecule has 1 aliphatic heterocycles. The first kappa shape index (κ1) is 17.8. The Balaban J connectivity index is 1.80. The van der Waals surface area contributed by atoms with Crippen LogP contribution < -0.4 is 10.6 Å². The number of guanidine groups is 1. The predicted molar refractivity (Wildman–Crippen MR) is 96.8 cm³/mol. The average molecular weight is 337 g/mol. The monoisotopic (exact) mass is 336 g/mol. The van der Waals surface area contributed by atoms with Crippen LogP contribution in [-0.2, 0) is 11.3 Å². The van der Waals surface area contributed by atoms with Gasteiger partial charge >= 0.3 is 0 Å². The highest BCUT2D eigenvalue weighted by atomic mass is 32.1. The Hall–Kier alpha value is -1.56. The van der Waals surface area contributed by atoms with Gasteiger partial charge in [0.1, 0.15) is 0 Å². The molecule has 2 N–H and O–H groups in total. The number of nitrogens with one attached hydrogen (secondary N) is 2. The number of carbonyl (C=O) groups excluding carboxylic acids is 1. The van der Waals surface area contributed by atoms with Crippen molar-refractivity contribution in [3.05, 3.63) is 22.4 Å². The van der Waals surface area contributed by atoms with Gasteiger partial charge in [-0.15, -0.1) is 0 Å². The highest BCUT2D eigenvalue weighted by Gasteiger charge is 2.26. The molecule has 5 nitrogen and oxygen atoms in total. The molecule has 1 amide bonds. The molecule has 0 radical (unpaired) electrons. The van der Waals surface area contributed by atoms with E-state index < -0.39 is 0 Å². The number of hydrogen-bond donors (Lipinski definition) is 2. The van der Waals surface area contributed by atoms with Crippen LogP contribution in [0.25, 0.3) is 0 Å². The summed E-state index contributed by atoms with van der Waals surface area (Å²) in [4.78, 5) is 18.5. The molecule has 2 rings (SSSR count). The van der Waals surface area contributed by atoms with Crippen molar-refractivity contribution in [2.24, 2.45) is 4.99 Å². The summed E-state index contributed by atoms with van der Waals surface area (Å²) in [6.07, 6.45) is 3.70. The topological polar surface area (TPSA) is 56.7 Å². The van der Waals surface area contributed by atoms with E-state index in [0.717, 1.165) is 44.9 Å². The Morgan fingerprint density at radius 3 is 2.91 bits per heavy atom. The van der Waals surface area contributed by atoms with E-state index in [2.05, 4.69) is 51.2 Å². The van der Waals surface area contributed by atoms with Crippen molar-refractivity contribution in [1.29, 1.82) is 0 Å². The number of likely N-dealkylation sites (tertiary alicyclic amines) is 1. The maximum Gasteiger partial charge on any atom is 0.222 e. The van der Waals surface area contributed by atoms with Crippen LogP contribution in [0.15, 0.2) is 21.8 Å². The van der Waals surface area contributed by atoms with Crippen molar-refractivity contribution >= 4 is 23.2 Å². The molecular formula is C17H28N4OS. The number of rotatable bonds is 8. The smallest absolute Gasteiger partial charge is 0.222 e. The number of hydrogen-bond acceptors (Lipinski definition) is 3. The van der Waals surface area contributed by atoms with Gasteiger partial charge in [0.2, 0.25) is 5.91 Å². The van der Waals surface area contributed by atoms with E-state index in [4.69, 9.17) is 0 Å². The minimum absolute atomic E-state index is 0.315. The van der Waals surface area contributed by atoms with Crippen LogP contribution in [-0.4, -0.2) is 42.4 Å². The fourth-order valence-corrected chi connectivity index (χ4v) is 3.55. The van der Waals surface area contributed by atoms with Gasteiger partial charge in [0, 0.05) is 32.1 Å². The van der Waals surface area contributed by atoms with Crippen molar-refractivity contribution in [2.75, 3.05) is 19.6 Å². The Morgan fingerprint density at radius 1 is 1.43 bits per heavy atom. The maximum absolute atomic E-state index is 11.9. The highest BCUT2D eigenvalue weighted by Crippen LogP contribution is 2.17. The third-order valence-corrected chi connectivity index (χ3v) is 4.87. The molecule has 0 aliphatic carbocycles. The van der Waals surface area contributed by atoms with Crippen LogP contribution in [0.2, 0.25) is 0 Å². The SMILES string of the molecule is CCNC(=NCc1ccsc1)NCCC(CC)N1CCCC1=O. The van der Waals surface area contributed by atoms with E-state index in [1.54, 1.807) is 11.3 Å². The number of aliphatic imine (C=N–C) groups is 1. The molecule has 1 aromatic rings. The van der Waals surface area contributed by atoms with E-state index in [0.29, 0.717) is 24.9 Å². The predicted octanol–water partition coefficient (Wildman–Crippen LogP) is 2.59. The van der Waals surface area contributed by atoms with Gasteiger partial charge in [0.15, 0.2) is 5.96 Å². The zero-order valence-corrected chi connectivity index (χ0v) is 15.0. The van der Waals surface area contributed by atoms with Gasteiger partial charge in [-0.3, -0.25) is 4.79 Å². The van der Waals surface area contributed by atoms with Crippen molar-refractivity contribution < 1.29 is 4.79 Å². The van der Waals surface area contributed by atoms with Gasteiger partial charge in [-0.1, -0.05) is 6.92 Å². The first-order valence-corrected chi connectivity index (χ1v) is 9.51. The lowest BCUT2D eigenvalue weighted by molar-refractivity contribution is -0.129. The minimum Gasteiger partial charge on any atom is -0.357 e. The Labute approximate surface area is 143 Å². The van der Waals surface area contributed by atoms with Gasteiger partial charge in [-0.2, -0.15) is 11.3 Å². The van der Waals surface area contributed by atoms with E-state index in [1.807, 2.05) is 0 Å². The maximum atomic E-state index is 11.9. The molecule has 1 atom stereocenters. The third kappa shape index (κ3) is 5.53. The van der Waals surface area contributed by atoms with Gasteiger partial charge < -0.3 is 15.5 Å². The van der Waals surface area contributed by atoms with Crippen LogP contribution >= 0.6 is 11.3 Å². The third-order valence-electron chi connectivity index (χ3n) is 4.14. The molecule has 6 heteroatoms. The molecule has 0 bridgehead atoms. The van der Waals surface area contributed by atoms with Gasteiger partial charge in [-0.05, 0) is 48.6 Å². The van der Waals surface area contributed by atoms with E-state index in [-0.39, 0.29) is 0 Å². The number of amides is 1. The lowest BCUT2D eigenvalue weighted by Gasteiger charge is -2.27. The molecule has 1 fully saturated rings. The molecule has 2 heterocycles. The largest absolute Gasteiger partial charge is 0.357 e. The molecule has 0 aromatic carbocycles. The number of carbonyl (C=O) groups is 1. The highest BCUT2D eigenvalue weighted by molar-refractivity contribution is 7.07. The van der Waals surface area contributed by atoms with Crippen LogP contribution in [0.5, 0.6) is 0 Å². The summed E-state index contributed by atoms with van der Waals surface area (Å²) in [7, 11) is 0. The second-order valence-corrected chi connectivity index (χ2v) is 6.58. The van der Waals surface area contributed by atoms with E-state index in [9.17, 15) is 4.79 Å². The van der Waals surface area contributed by atoms with Crippen LogP contribution in [0.4, 0.5) is 0 Å². The van der Waals surface area contributed by atoms with Gasteiger partial charge in [0.25, 0.3) is 0 Å². The zero-order valence-electron chi connectivity index (χ0n) is 14.2. The second kappa shape index (κ2) is 9.55. The lowest BCUT2D eigenvalue weighted by atomic mass is 10.1. The number of thiophene rings is 1. The van der Waals surface area contributed by atoms with Crippen molar-refractivity contribution in [1.82, 2.24) is 15.5 Å². The van der Waals surface area contributed by atoms with Crippen molar-refractivity contribution in [3.63, 3.8) is 0 Å². The fourth-order valence-electron chi connectivity index (χ4n) is 2.89. The quantitative estimate of drug-likeness (QED) is 0.567. The summed E-state index contributed by atoms with van der Waals surface area (Å²) in [5, 5.41) is 10.9. The molecular weight excluding hydrogens is 308 g/mol. The fraction of sp³-hybridized carbons (Fsp3) is 0.647. The first-order chi connectivity index (χ1) is 11.2.